The Morgan fingerprint density at radius 3 is 2.93 bits per heavy atom. The van der Waals surface area contributed by atoms with Crippen molar-refractivity contribution in [2.75, 3.05) is 6.61 Å². The van der Waals surface area contributed by atoms with E-state index in [1.54, 1.807) is 13.0 Å². The Kier molecular flexibility index (Phi) is 4.37. The molecular formula is C12H13ClO2. The van der Waals surface area contributed by atoms with Crippen molar-refractivity contribution in [3.8, 4) is 0 Å². The molecule has 0 bridgehead atoms. The lowest BCUT2D eigenvalue weighted by Gasteiger charge is -2.00. The molecule has 0 saturated heterocycles. The van der Waals surface area contributed by atoms with Crippen molar-refractivity contribution in [2.45, 2.75) is 13.8 Å². The molecule has 0 amide bonds. The van der Waals surface area contributed by atoms with E-state index in [1.165, 1.54) is 6.08 Å². The van der Waals surface area contributed by atoms with Crippen LogP contribution in [0.15, 0.2) is 24.3 Å². The third kappa shape index (κ3) is 3.76. The smallest absolute Gasteiger partial charge is 0.330 e. The first-order chi connectivity index (χ1) is 7.13. The van der Waals surface area contributed by atoms with Gasteiger partial charge in [0.05, 0.1) is 6.61 Å². The lowest BCUT2D eigenvalue weighted by molar-refractivity contribution is -0.137. The zero-order chi connectivity index (χ0) is 11.3. The number of carbonyl (C=O) groups is 1. The molecule has 0 atom stereocenters. The third-order valence-corrected chi connectivity index (χ3v) is 2.16. The summed E-state index contributed by atoms with van der Waals surface area (Å²) in [5.74, 6) is -0.336. The number of ether oxygens (including phenoxy) is 1. The highest BCUT2D eigenvalue weighted by atomic mass is 35.5. The summed E-state index contributed by atoms with van der Waals surface area (Å²) in [5, 5.41) is 0.657. The minimum Gasteiger partial charge on any atom is -0.463 e. The van der Waals surface area contributed by atoms with E-state index in [0.717, 1.165) is 11.1 Å². The molecule has 0 spiro atoms. The largest absolute Gasteiger partial charge is 0.463 e. The number of hydrogen-bond acceptors (Lipinski definition) is 2. The Hall–Kier alpha value is -1.28. The van der Waals surface area contributed by atoms with Crippen LogP contribution in [0.3, 0.4) is 0 Å². The van der Waals surface area contributed by atoms with Gasteiger partial charge in [-0.1, -0.05) is 17.7 Å². The summed E-state index contributed by atoms with van der Waals surface area (Å²) in [6.45, 7) is 4.12. The van der Waals surface area contributed by atoms with Crippen LogP contribution in [-0.2, 0) is 9.53 Å². The van der Waals surface area contributed by atoms with Crippen molar-refractivity contribution in [2.24, 2.45) is 0 Å². The Morgan fingerprint density at radius 2 is 2.27 bits per heavy atom. The molecule has 1 aromatic rings. The van der Waals surface area contributed by atoms with E-state index in [9.17, 15) is 4.79 Å². The van der Waals surface area contributed by atoms with E-state index >= 15 is 0 Å². The Bertz CT molecular complexity index is 383. The summed E-state index contributed by atoms with van der Waals surface area (Å²) in [6.07, 6.45) is 3.11. The second kappa shape index (κ2) is 5.56. The monoisotopic (exact) mass is 224 g/mol. The fourth-order valence-electron chi connectivity index (χ4n) is 1.14. The van der Waals surface area contributed by atoms with Crippen molar-refractivity contribution in [1.82, 2.24) is 0 Å². The maximum absolute atomic E-state index is 11.1. The molecular weight excluding hydrogens is 212 g/mol. The van der Waals surface area contributed by atoms with Gasteiger partial charge in [0.2, 0.25) is 0 Å². The third-order valence-electron chi connectivity index (χ3n) is 1.93. The molecule has 1 rings (SSSR count). The molecule has 3 heteroatoms. The lowest BCUT2D eigenvalue weighted by atomic mass is 10.1. The Morgan fingerprint density at radius 1 is 1.53 bits per heavy atom. The van der Waals surface area contributed by atoms with Crippen LogP contribution in [0.5, 0.6) is 0 Å². The van der Waals surface area contributed by atoms with Gasteiger partial charge in [-0.15, -0.1) is 0 Å². The lowest BCUT2D eigenvalue weighted by Crippen LogP contribution is -1.98. The number of halogens is 1. The summed E-state index contributed by atoms with van der Waals surface area (Å²) in [4.78, 5) is 11.1. The first-order valence-electron chi connectivity index (χ1n) is 4.74. The fraction of sp³-hybridized carbons (Fsp3) is 0.250. The molecule has 80 valence electrons. The quantitative estimate of drug-likeness (QED) is 0.582. The predicted molar refractivity (Wildman–Crippen MR) is 61.9 cm³/mol. The molecule has 1 aromatic carbocycles. The maximum atomic E-state index is 11.1. The summed E-state index contributed by atoms with van der Waals surface area (Å²) in [6, 6.07) is 5.54. The molecule has 0 fully saturated rings. The summed E-state index contributed by atoms with van der Waals surface area (Å²) in [7, 11) is 0. The second-order valence-corrected chi connectivity index (χ2v) is 3.52. The van der Waals surface area contributed by atoms with E-state index in [0.29, 0.717) is 11.6 Å². The molecule has 2 nitrogen and oxygen atoms in total. The highest BCUT2D eigenvalue weighted by molar-refractivity contribution is 6.30. The number of aryl methyl sites for hydroxylation is 1. The van der Waals surface area contributed by atoms with Crippen LogP contribution in [0.4, 0.5) is 0 Å². The van der Waals surface area contributed by atoms with E-state index in [4.69, 9.17) is 16.3 Å². The van der Waals surface area contributed by atoms with Gasteiger partial charge in [-0.2, -0.15) is 0 Å². The van der Waals surface area contributed by atoms with Crippen LogP contribution < -0.4 is 0 Å². The van der Waals surface area contributed by atoms with Crippen molar-refractivity contribution in [3.63, 3.8) is 0 Å². The number of carbonyl (C=O) groups excluding carboxylic acids is 1. The van der Waals surface area contributed by atoms with Crippen LogP contribution in [-0.4, -0.2) is 12.6 Å². The Balaban J connectivity index is 2.79. The standard InChI is InChI=1S/C12H13ClO2/c1-3-15-12(14)7-5-10-8-11(13)6-4-9(10)2/h4-8H,3H2,1-2H3. The molecule has 0 heterocycles. The summed E-state index contributed by atoms with van der Waals surface area (Å²) in [5.41, 5.74) is 2.00. The molecule has 0 aliphatic rings. The molecule has 0 saturated carbocycles. The SMILES string of the molecule is CCOC(=O)C=Cc1cc(Cl)ccc1C. The zero-order valence-electron chi connectivity index (χ0n) is 8.79. The van der Waals surface area contributed by atoms with Gasteiger partial charge in [-0.3, -0.25) is 0 Å². The highest BCUT2D eigenvalue weighted by Crippen LogP contribution is 2.16. The Labute approximate surface area is 94.5 Å². The maximum Gasteiger partial charge on any atom is 0.330 e. The molecule has 0 unspecified atom stereocenters. The molecule has 0 aromatic heterocycles. The molecule has 0 aliphatic heterocycles. The molecule has 0 aliphatic carbocycles. The number of benzene rings is 1. The van der Waals surface area contributed by atoms with E-state index in [2.05, 4.69) is 0 Å². The number of esters is 1. The van der Waals surface area contributed by atoms with E-state index < -0.39 is 0 Å². The first kappa shape index (κ1) is 11.8. The van der Waals surface area contributed by atoms with Crippen molar-refractivity contribution >= 4 is 23.6 Å². The van der Waals surface area contributed by atoms with Gasteiger partial charge in [-0.05, 0) is 43.2 Å². The van der Waals surface area contributed by atoms with Crippen LogP contribution in [0.25, 0.3) is 6.08 Å². The van der Waals surface area contributed by atoms with Crippen molar-refractivity contribution in [3.05, 3.63) is 40.4 Å². The van der Waals surface area contributed by atoms with Crippen molar-refractivity contribution in [1.29, 1.82) is 0 Å². The van der Waals surface area contributed by atoms with Crippen molar-refractivity contribution < 1.29 is 9.53 Å². The van der Waals surface area contributed by atoms with E-state index in [-0.39, 0.29) is 5.97 Å². The van der Waals surface area contributed by atoms with Gasteiger partial charge in [0.15, 0.2) is 0 Å². The van der Waals surface area contributed by atoms with Crippen LogP contribution in [0.2, 0.25) is 5.02 Å². The average molecular weight is 225 g/mol. The molecule has 15 heavy (non-hydrogen) atoms. The minimum absolute atomic E-state index is 0.336. The highest BCUT2D eigenvalue weighted by Gasteiger charge is 1.97. The first-order valence-corrected chi connectivity index (χ1v) is 5.12. The van der Waals surface area contributed by atoms with Crippen LogP contribution in [0.1, 0.15) is 18.1 Å². The topological polar surface area (TPSA) is 26.3 Å². The van der Waals surface area contributed by atoms with Gasteiger partial charge in [0.25, 0.3) is 0 Å². The number of rotatable bonds is 3. The average Bonchev–Trinajstić information content (AvgIpc) is 2.20. The fourth-order valence-corrected chi connectivity index (χ4v) is 1.32. The van der Waals surface area contributed by atoms with Gasteiger partial charge in [0.1, 0.15) is 0 Å². The van der Waals surface area contributed by atoms with E-state index in [1.807, 2.05) is 25.1 Å². The molecule has 0 radical (unpaired) electrons. The normalized spacial score (nSPS) is 10.6. The zero-order valence-corrected chi connectivity index (χ0v) is 9.54. The summed E-state index contributed by atoms with van der Waals surface area (Å²) < 4.78 is 4.77. The minimum atomic E-state index is -0.336. The predicted octanol–water partition coefficient (Wildman–Crippen LogP) is 3.22. The van der Waals surface area contributed by atoms with Gasteiger partial charge < -0.3 is 4.74 Å². The van der Waals surface area contributed by atoms with Gasteiger partial charge >= 0.3 is 5.97 Å². The molecule has 0 N–H and O–H groups in total. The van der Waals surface area contributed by atoms with Crippen LogP contribution >= 0.6 is 11.6 Å². The van der Waals surface area contributed by atoms with Gasteiger partial charge in [-0.25, -0.2) is 4.79 Å². The number of hydrogen-bond donors (Lipinski definition) is 0. The van der Waals surface area contributed by atoms with Gasteiger partial charge in [0, 0.05) is 11.1 Å². The second-order valence-electron chi connectivity index (χ2n) is 3.09. The summed E-state index contributed by atoms with van der Waals surface area (Å²) >= 11 is 5.84. The van der Waals surface area contributed by atoms with Crippen LogP contribution in [0, 0.1) is 6.92 Å².